The van der Waals surface area contributed by atoms with Gasteiger partial charge in [-0.2, -0.15) is 0 Å². The van der Waals surface area contributed by atoms with E-state index in [0.29, 0.717) is 23.8 Å². The van der Waals surface area contributed by atoms with Crippen molar-refractivity contribution in [3.05, 3.63) is 143 Å². The van der Waals surface area contributed by atoms with Gasteiger partial charge in [0.25, 0.3) is 0 Å². The van der Waals surface area contributed by atoms with Crippen molar-refractivity contribution in [2.75, 3.05) is 0 Å². The Balaban J connectivity index is 1.37. The van der Waals surface area contributed by atoms with Gasteiger partial charge in [-0.25, -0.2) is 35.1 Å². The monoisotopic (exact) mass is 622 g/mol. The summed E-state index contributed by atoms with van der Waals surface area (Å²) in [5.74, 6) is -11.1. The fraction of sp³-hybridized carbons (Fsp3) is 0.135. The van der Waals surface area contributed by atoms with Gasteiger partial charge in [0.1, 0.15) is 17.5 Å². The Morgan fingerprint density at radius 1 is 0.489 bits per heavy atom. The number of hydrogen-bond donors (Lipinski definition) is 0. The third-order valence-corrected chi connectivity index (χ3v) is 7.55. The molecule has 0 saturated carbocycles. The molecule has 0 radical (unpaired) electrons. The zero-order chi connectivity index (χ0) is 32.2. The molecule has 0 nitrogen and oxygen atoms in total. The lowest BCUT2D eigenvalue weighted by atomic mass is 9.97. The third-order valence-electron chi connectivity index (χ3n) is 7.55. The van der Waals surface area contributed by atoms with E-state index in [1.165, 1.54) is 23.8 Å². The Morgan fingerprint density at radius 2 is 1.04 bits per heavy atom. The average Bonchev–Trinajstić information content (AvgIpc) is 3.03. The fourth-order valence-corrected chi connectivity index (χ4v) is 5.07. The van der Waals surface area contributed by atoms with E-state index in [0.717, 1.165) is 55.5 Å². The van der Waals surface area contributed by atoms with Crippen LogP contribution in [0, 0.1) is 34.9 Å². The lowest BCUT2D eigenvalue weighted by Crippen LogP contribution is -1.95. The van der Waals surface area contributed by atoms with E-state index in [-0.39, 0.29) is 16.7 Å². The van der Waals surface area contributed by atoms with Crippen LogP contribution in [-0.4, -0.2) is 0 Å². The molecule has 5 aromatic rings. The number of benzene rings is 5. The molecule has 0 saturated heterocycles. The van der Waals surface area contributed by atoms with Gasteiger partial charge in [-0.1, -0.05) is 74.4 Å². The maximum absolute atomic E-state index is 15.1. The Hall–Kier alpha value is -4.72. The molecular weight excluding hydrogens is 596 g/mol. The molecule has 0 aliphatic carbocycles. The van der Waals surface area contributed by atoms with E-state index in [2.05, 4.69) is 6.92 Å². The molecule has 0 aliphatic rings. The van der Waals surface area contributed by atoms with Crippen molar-refractivity contribution in [3.63, 3.8) is 0 Å². The Labute approximate surface area is 255 Å². The highest BCUT2D eigenvalue weighted by Crippen LogP contribution is 2.36. The van der Waals surface area contributed by atoms with Crippen LogP contribution in [-0.2, 0) is 6.42 Å². The van der Waals surface area contributed by atoms with Crippen LogP contribution in [0.25, 0.3) is 45.0 Å². The Morgan fingerprint density at radius 3 is 1.67 bits per heavy atom. The average molecular weight is 623 g/mol. The lowest BCUT2D eigenvalue weighted by molar-refractivity contribution is 0.447. The van der Waals surface area contributed by atoms with Crippen LogP contribution in [0.15, 0.2) is 91.0 Å². The van der Waals surface area contributed by atoms with E-state index < -0.39 is 63.2 Å². The topological polar surface area (TPSA) is 0 Å². The first-order valence-electron chi connectivity index (χ1n) is 14.3. The molecule has 5 rings (SSSR count). The summed E-state index contributed by atoms with van der Waals surface area (Å²) in [6.07, 6.45) is 4.34. The van der Waals surface area contributed by atoms with Gasteiger partial charge in [0.05, 0.1) is 0 Å². The number of halogens is 8. The van der Waals surface area contributed by atoms with Crippen LogP contribution in [0.2, 0.25) is 0 Å². The van der Waals surface area contributed by atoms with Gasteiger partial charge < -0.3 is 0 Å². The van der Waals surface area contributed by atoms with E-state index in [4.69, 9.17) is 0 Å². The minimum absolute atomic E-state index is 0.0524. The van der Waals surface area contributed by atoms with Crippen LogP contribution in [0.1, 0.15) is 42.9 Å². The first-order valence-corrected chi connectivity index (χ1v) is 14.3. The maximum atomic E-state index is 15.1. The summed E-state index contributed by atoms with van der Waals surface area (Å²) in [4.78, 5) is 0. The van der Waals surface area contributed by atoms with Crippen molar-refractivity contribution in [2.24, 2.45) is 0 Å². The molecule has 0 aliphatic heterocycles. The first kappa shape index (κ1) is 31.7. The van der Waals surface area contributed by atoms with Gasteiger partial charge in [-0.3, -0.25) is 0 Å². The maximum Gasteiger partial charge on any atom is 0.194 e. The van der Waals surface area contributed by atoms with E-state index >= 15 is 17.6 Å². The fourth-order valence-electron chi connectivity index (χ4n) is 5.07. The van der Waals surface area contributed by atoms with Crippen molar-refractivity contribution in [2.45, 2.75) is 32.6 Å². The van der Waals surface area contributed by atoms with Gasteiger partial charge in [-0.15, -0.1) is 0 Å². The summed E-state index contributed by atoms with van der Waals surface area (Å²) in [5, 5.41) is 0. The zero-order valence-electron chi connectivity index (χ0n) is 24.0. The van der Waals surface area contributed by atoms with E-state index in [1.54, 1.807) is 6.07 Å². The standard InChI is InChI=1S/C37H26F8/c1-2-3-4-5-21-6-8-22(9-7-21)23-10-13-27(30(38)16-23)24-11-15-29(32(40)17-24)36(44)35(43)25-12-14-28(31(39)18-25)26-19-33(41)37(45)34(42)20-26/h6-20H,2-5H2,1H3. The summed E-state index contributed by atoms with van der Waals surface area (Å²) in [6.45, 7) is 2.14. The number of hydrogen-bond acceptors (Lipinski definition) is 0. The normalized spacial score (nSPS) is 11.9. The van der Waals surface area contributed by atoms with Crippen LogP contribution in [0.3, 0.4) is 0 Å². The molecule has 0 heterocycles. The summed E-state index contributed by atoms with van der Waals surface area (Å²) in [6, 6.07) is 18.9. The molecular formula is C37H26F8. The SMILES string of the molecule is CCCCCc1ccc(-c2ccc(-c3ccc(C(F)=C(F)c4ccc(-c5cc(F)c(F)c(F)c5)c(F)c4)c(F)c3)c(F)c2)cc1. The Kier molecular flexibility index (Phi) is 9.51. The lowest BCUT2D eigenvalue weighted by Gasteiger charge is -2.10. The van der Waals surface area contributed by atoms with Gasteiger partial charge in [0, 0.05) is 22.3 Å². The minimum atomic E-state index is -1.74. The van der Waals surface area contributed by atoms with Crippen LogP contribution in [0.5, 0.6) is 0 Å². The van der Waals surface area contributed by atoms with Crippen LogP contribution < -0.4 is 0 Å². The van der Waals surface area contributed by atoms with Crippen molar-refractivity contribution in [1.29, 1.82) is 0 Å². The highest BCUT2D eigenvalue weighted by atomic mass is 19.2. The molecule has 0 spiro atoms. The zero-order valence-corrected chi connectivity index (χ0v) is 24.0. The second-order valence-electron chi connectivity index (χ2n) is 10.6. The van der Waals surface area contributed by atoms with Gasteiger partial charge >= 0.3 is 0 Å². The van der Waals surface area contributed by atoms with Crippen molar-refractivity contribution >= 4 is 11.7 Å². The predicted octanol–water partition coefficient (Wildman–Crippen LogP) is 12.0. The van der Waals surface area contributed by atoms with Crippen LogP contribution in [0.4, 0.5) is 35.1 Å². The molecule has 0 atom stereocenters. The summed E-state index contributed by atoms with van der Waals surface area (Å²) >= 11 is 0. The van der Waals surface area contributed by atoms with Crippen molar-refractivity contribution in [3.8, 4) is 33.4 Å². The molecule has 0 amide bonds. The van der Waals surface area contributed by atoms with Crippen molar-refractivity contribution in [1.82, 2.24) is 0 Å². The number of rotatable bonds is 9. The Bertz CT molecular complexity index is 1870. The minimum Gasteiger partial charge on any atom is -0.206 e. The molecule has 5 aromatic carbocycles. The van der Waals surface area contributed by atoms with Crippen LogP contribution >= 0.6 is 0 Å². The molecule has 8 heteroatoms. The summed E-state index contributed by atoms with van der Waals surface area (Å²) < 4.78 is 115. The van der Waals surface area contributed by atoms with Gasteiger partial charge in [-0.05, 0) is 77.1 Å². The first-order chi connectivity index (χ1) is 21.6. The number of unbranched alkanes of at least 4 members (excludes halogenated alkanes) is 2. The summed E-state index contributed by atoms with van der Waals surface area (Å²) in [5.41, 5.74) is 0.618. The highest BCUT2D eigenvalue weighted by Gasteiger charge is 2.20. The molecule has 45 heavy (non-hydrogen) atoms. The second kappa shape index (κ2) is 13.5. The van der Waals surface area contributed by atoms with Crippen molar-refractivity contribution < 1.29 is 35.1 Å². The molecule has 0 unspecified atom stereocenters. The predicted molar refractivity (Wildman–Crippen MR) is 161 cm³/mol. The smallest absolute Gasteiger partial charge is 0.194 e. The molecule has 0 bridgehead atoms. The van der Waals surface area contributed by atoms with E-state index in [1.807, 2.05) is 24.3 Å². The van der Waals surface area contributed by atoms with Gasteiger partial charge in [0.15, 0.2) is 29.1 Å². The number of aryl methyl sites for hydroxylation is 1. The molecule has 0 aromatic heterocycles. The van der Waals surface area contributed by atoms with E-state index in [9.17, 15) is 17.6 Å². The molecule has 230 valence electrons. The highest BCUT2D eigenvalue weighted by molar-refractivity contribution is 5.85. The summed E-state index contributed by atoms with van der Waals surface area (Å²) in [7, 11) is 0. The molecule has 0 N–H and O–H groups in total. The largest absolute Gasteiger partial charge is 0.206 e. The second-order valence-corrected chi connectivity index (χ2v) is 10.6. The molecule has 0 fully saturated rings. The van der Waals surface area contributed by atoms with Gasteiger partial charge in [0.2, 0.25) is 0 Å². The third kappa shape index (κ3) is 6.85. The quantitative estimate of drug-likeness (QED) is 0.0664.